The molecule has 0 aliphatic heterocycles. The molecule has 256 valence electrons. The van der Waals surface area contributed by atoms with E-state index in [0.717, 1.165) is 22.2 Å². The summed E-state index contributed by atoms with van der Waals surface area (Å²) in [4.78, 5) is 56.9. The number of amides is 3. The Labute approximate surface area is 287 Å². The van der Waals surface area contributed by atoms with Crippen LogP contribution in [0.5, 0.6) is 0 Å². The van der Waals surface area contributed by atoms with Crippen molar-refractivity contribution in [3.05, 3.63) is 85.8 Å². The number of nitrogens with zero attached hydrogens (tertiary/aromatic N) is 1. The summed E-state index contributed by atoms with van der Waals surface area (Å²) in [5.41, 5.74) is 1.68. The zero-order valence-corrected chi connectivity index (χ0v) is 28.8. The Balaban J connectivity index is 1.48. The molecule has 1 aliphatic carbocycles. The number of hydrogen-bond donors (Lipinski definition) is 5. The Morgan fingerprint density at radius 2 is 1.79 bits per heavy atom. The van der Waals surface area contributed by atoms with Crippen LogP contribution in [0.15, 0.2) is 51.7 Å². The average Bonchev–Trinajstić information content (AvgIpc) is 3.67. The molecule has 2 aromatic heterocycles. The summed E-state index contributed by atoms with van der Waals surface area (Å²) >= 11 is 12.9. The third-order valence-corrected chi connectivity index (χ3v) is 9.82. The maximum Gasteiger partial charge on any atom is 0.434 e. The second kappa shape index (κ2) is 14.9. The van der Waals surface area contributed by atoms with Crippen molar-refractivity contribution < 1.29 is 23.5 Å². The van der Waals surface area contributed by atoms with Gasteiger partial charge in [-0.3, -0.25) is 9.59 Å². The van der Waals surface area contributed by atoms with Gasteiger partial charge in [0.05, 0.1) is 10.5 Å². The molecule has 5 N–H and O–H groups in total. The molecule has 0 saturated carbocycles. The van der Waals surface area contributed by atoms with E-state index in [4.69, 9.17) is 32.4 Å². The lowest BCUT2D eigenvalue weighted by atomic mass is 9.78. The fourth-order valence-corrected chi connectivity index (χ4v) is 6.61. The minimum atomic E-state index is -1.47. The number of H-pyrrole nitrogens is 2. The number of nitrogens with one attached hydrogen (secondary N) is 5. The summed E-state index contributed by atoms with van der Waals surface area (Å²) in [6.07, 6.45) is 1.16. The van der Waals surface area contributed by atoms with Crippen molar-refractivity contribution in [2.24, 2.45) is 11.8 Å². The van der Waals surface area contributed by atoms with E-state index in [2.05, 4.69) is 31.1 Å². The highest BCUT2D eigenvalue weighted by atomic mass is 35.5. The first-order chi connectivity index (χ1) is 22.9. The monoisotopic (exact) mass is 698 g/mol. The molecule has 4 aromatic rings. The SMILES string of the molecule is CC[C@H](C)C(NC(=O)OCc1ccccc1)C(=O)N[C@@]1(C(=O)NC(c2n[nH]c(=O)o2)[C@@H](C)CC)CCc2[nH]c3c(Cl)cc(Cl)cc3c2C1. The van der Waals surface area contributed by atoms with E-state index in [-0.39, 0.29) is 37.2 Å². The van der Waals surface area contributed by atoms with Crippen LogP contribution in [-0.2, 0) is 33.8 Å². The number of alkyl carbamates (subject to hydrolysis) is 1. The van der Waals surface area contributed by atoms with E-state index in [1.165, 1.54) is 0 Å². The molecule has 5 rings (SSSR count). The number of ether oxygens (including phenoxy) is 1. The van der Waals surface area contributed by atoms with Crippen molar-refractivity contribution in [3.8, 4) is 0 Å². The van der Waals surface area contributed by atoms with Crippen LogP contribution in [0.25, 0.3) is 10.9 Å². The first-order valence-electron chi connectivity index (χ1n) is 16.1. The maximum atomic E-state index is 14.6. The molecule has 2 aromatic carbocycles. The number of benzene rings is 2. The van der Waals surface area contributed by atoms with E-state index >= 15 is 0 Å². The summed E-state index contributed by atoms with van der Waals surface area (Å²) in [6, 6.07) is 10.9. The molecular formula is C34H40Cl2N6O6. The van der Waals surface area contributed by atoms with Crippen LogP contribution in [0.4, 0.5) is 4.79 Å². The van der Waals surface area contributed by atoms with Gasteiger partial charge in [-0.1, -0.05) is 94.1 Å². The van der Waals surface area contributed by atoms with E-state index in [1.807, 2.05) is 58.0 Å². The lowest BCUT2D eigenvalue weighted by Crippen LogP contribution is -2.65. The third-order valence-electron chi connectivity index (χ3n) is 9.30. The minimum absolute atomic E-state index is 0.0304. The van der Waals surface area contributed by atoms with E-state index in [9.17, 15) is 19.2 Å². The van der Waals surface area contributed by atoms with Crippen LogP contribution in [-0.4, -0.2) is 44.7 Å². The number of halogens is 2. The second-order valence-corrected chi connectivity index (χ2v) is 13.3. The van der Waals surface area contributed by atoms with Gasteiger partial charge < -0.3 is 30.1 Å². The number of hydrogen-bond acceptors (Lipinski definition) is 7. The molecule has 0 saturated heterocycles. The van der Waals surface area contributed by atoms with Crippen molar-refractivity contribution in [2.45, 2.75) is 84.0 Å². The fourth-order valence-electron chi connectivity index (χ4n) is 6.07. The summed E-state index contributed by atoms with van der Waals surface area (Å²) < 4.78 is 10.7. The Morgan fingerprint density at radius 1 is 1.06 bits per heavy atom. The number of aromatic amines is 2. The topological polar surface area (TPSA) is 171 Å². The molecule has 0 spiro atoms. The van der Waals surface area contributed by atoms with Crippen LogP contribution >= 0.6 is 23.2 Å². The second-order valence-electron chi connectivity index (χ2n) is 12.5. The van der Waals surface area contributed by atoms with Gasteiger partial charge >= 0.3 is 11.8 Å². The van der Waals surface area contributed by atoms with Gasteiger partial charge in [0.25, 0.3) is 0 Å². The Kier molecular flexibility index (Phi) is 10.8. The Hall–Kier alpha value is -4.29. The van der Waals surface area contributed by atoms with E-state index < -0.39 is 41.3 Å². The standard InChI is InChI=1S/C34H40Cl2N6O6/c1-5-18(3)26(39-32(45)47-17-20-10-8-7-9-11-20)29(43)40-34(31(44)38-27(19(4)6-2)30-41-42-33(46)48-30)13-12-25-23(16-34)22-14-21(35)15-24(36)28(22)37-25/h7-11,14-15,18-19,26-27,37H,5-6,12-13,16-17H2,1-4H3,(H,38,44)(H,39,45)(H,40,43)(H,42,46)/t18-,19-,26?,27?,34-/m0/s1. The van der Waals surface area contributed by atoms with Crippen LogP contribution in [0, 0.1) is 11.8 Å². The lowest BCUT2D eigenvalue weighted by Gasteiger charge is -2.39. The predicted molar refractivity (Wildman–Crippen MR) is 182 cm³/mol. The number of rotatable bonds is 12. The van der Waals surface area contributed by atoms with Gasteiger partial charge in [-0.2, -0.15) is 0 Å². The van der Waals surface area contributed by atoms with Gasteiger partial charge in [-0.15, -0.1) is 5.10 Å². The van der Waals surface area contributed by atoms with Crippen molar-refractivity contribution in [1.29, 1.82) is 0 Å². The van der Waals surface area contributed by atoms with Gasteiger partial charge in [0.15, 0.2) is 0 Å². The van der Waals surface area contributed by atoms with Crippen LogP contribution in [0.3, 0.4) is 0 Å². The van der Waals surface area contributed by atoms with Crippen LogP contribution in [0.2, 0.25) is 10.0 Å². The Bertz CT molecular complexity index is 1840. The molecule has 5 atom stereocenters. The molecule has 14 heteroatoms. The Morgan fingerprint density at radius 3 is 2.46 bits per heavy atom. The first kappa shape index (κ1) is 35.0. The highest BCUT2D eigenvalue weighted by Gasteiger charge is 2.47. The van der Waals surface area contributed by atoms with E-state index in [0.29, 0.717) is 34.8 Å². The summed E-state index contributed by atoms with van der Waals surface area (Å²) in [5.74, 6) is -2.22. The highest BCUT2D eigenvalue weighted by molar-refractivity contribution is 6.38. The van der Waals surface area contributed by atoms with Crippen molar-refractivity contribution in [3.63, 3.8) is 0 Å². The third kappa shape index (κ3) is 7.55. The fraction of sp³-hybridized carbons (Fsp3) is 0.441. The predicted octanol–water partition coefficient (Wildman–Crippen LogP) is 5.74. The summed E-state index contributed by atoms with van der Waals surface area (Å²) in [7, 11) is 0. The molecule has 12 nitrogen and oxygen atoms in total. The van der Waals surface area contributed by atoms with Gasteiger partial charge in [-0.05, 0) is 47.9 Å². The van der Waals surface area contributed by atoms with Crippen LogP contribution < -0.4 is 21.7 Å². The lowest BCUT2D eigenvalue weighted by molar-refractivity contribution is -0.136. The molecule has 48 heavy (non-hydrogen) atoms. The minimum Gasteiger partial charge on any atom is -0.445 e. The van der Waals surface area contributed by atoms with Gasteiger partial charge in [-0.25, -0.2) is 14.7 Å². The highest BCUT2D eigenvalue weighted by Crippen LogP contribution is 2.39. The zero-order valence-electron chi connectivity index (χ0n) is 27.2. The molecule has 0 fully saturated rings. The summed E-state index contributed by atoms with van der Waals surface area (Å²) in [5, 5.41) is 16.7. The van der Waals surface area contributed by atoms with Crippen molar-refractivity contribution in [2.75, 3.05) is 0 Å². The molecule has 0 bridgehead atoms. The normalized spacial score (nSPS) is 18.3. The molecule has 2 unspecified atom stereocenters. The number of carbonyl (C=O) groups is 3. The number of aryl methyl sites for hydroxylation is 1. The summed E-state index contributed by atoms with van der Waals surface area (Å²) in [6.45, 7) is 7.62. The van der Waals surface area contributed by atoms with Crippen LogP contribution in [0.1, 0.15) is 75.7 Å². The molecular weight excluding hydrogens is 659 g/mol. The molecule has 3 amide bonds. The number of aromatic nitrogens is 3. The average molecular weight is 700 g/mol. The smallest absolute Gasteiger partial charge is 0.434 e. The van der Waals surface area contributed by atoms with Gasteiger partial charge in [0, 0.05) is 22.5 Å². The van der Waals surface area contributed by atoms with Crippen molar-refractivity contribution >= 4 is 52.0 Å². The first-order valence-corrected chi connectivity index (χ1v) is 16.8. The molecule has 2 heterocycles. The molecule has 0 radical (unpaired) electrons. The van der Waals surface area contributed by atoms with Crippen molar-refractivity contribution in [1.82, 2.24) is 31.1 Å². The number of carbonyl (C=O) groups excluding carboxylic acids is 3. The molecule has 1 aliphatic rings. The number of fused-ring (bicyclic) bond motifs is 3. The largest absolute Gasteiger partial charge is 0.445 e. The maximum absolute atomic E-state index is 14.6. The quantitative estimate of drug-likeness (QED) is 0.126. The van der Waals surface area contributed by atoms with E-state index in [1.54, 1.807) is 12.1 Å². The van der Waals surface area contributed by atoms with Gasteiger partial charge in [0.1, 0.15) is 24.2 Å². The van der Waals surface area contributed by atoms with Gasteiger partial charge in [0.2, 0.25) is 17.7 Å². The zero-order chi connectivity index (χ0) is 34.6.